The molecule has 0 spiro atoms. The van der Waals surface area contributed by atoms with Crippen molar-refractivity contribution in [2.45, 2.75) is 19.9 Å². The number of nitrogens with zero attached hydrogens (tertiary/aromatic N) is 3. The first-order valence-corrected chi connectivity index (χ1v) is 11.1. The molecule has 1 aromatic carbocycles. The number of amides is 3. The minimum atomic E-state index is -0.537. The number of methoxy groups -OCH3 is 1. The number of carbonyl (C=O) groups excluding carboxylic acids is 2. The molecule has 10 nitrogen and oxygen atoms in total. The van der Waals surface area contributed by atoms with Gasteiger partial charge < -0.3 is 26.0 Å². The maximum absolute atomic E-state index is 14.3. The summed E-state index contributed by atoms with van der Waals surface area (Å²) in [5, 5.41) is 11.4. The van der Waals surface area contributed by atoms with Crippen LogP contribution in [-0.4, -0.2) is 53.1 Å². The number of halogens is 2. The molecule has 0 unspecified atom stereocenters. The number of aromatic nitrogens is 3. The first-order chi connectivity index (χ1) is 16.8. The second-order valence-electron chi connectivity index (χ2n) is 7.59. The van der Waals surface area contributed by atoms with Gasteiger partial charge in [0.1, 0.15) is 5.82 Å². The van der Waals surface area contributed by atoms with Gasteiger partial charge in [-0.2, -0.15) is 0 Å². The number of hydrogen-bond acceptors (Lipinski definition) is 7. The number of pyridine rings is 1. The van der Waals surface area contributed by atoms with E-state index in [-0.39, 0.29) is 53.7 Å². The molecule has 12 heteroatoms. The van der Waals surface area contributed by atoms with Gasteiger partial charge in [-0.3, -0.25) is 9.78 Å². The van der Waals surface area contributed by atoms with Crippen LogP contribution in [0.15, 0.2) is 42.9 Å². The Balaban J connectivity index is 1.77. The summed E-state index contributed by atoms with van der Waals surface area (Å²) in [4.78, 5) is 37.0. The molecule has 4 N–H and O–H groups in total. The number of rotatable bonds is 9. The summed E-state index contributed by atoms with van der Waals surface area (Å²) in [5.41, 5.74) is 0.734. The largest absolute Gasteiger partial charge is 0.491 e. The van der Waals surface area contributed by atoms with E-state index in [0.717, 1.165) is 0 Å². The molecule has 3 rings (SSSR count). The van der Waals surface area contributed by atoms with Crippen LogP contribution in [0.5, 0.6) is 5.75 Å². The molecule has 0 radical (unpaired) electrons. The van der Waals surface area contributed by atoms with Crippen molar-refractivity contribution >= 4 is 35.0 Å². The van der Waals surface area contributed by atoms with Crippen molar-refractivity contribution in [2.75, 3.05) is 25.5 Å². The number of nitrogens with one attached hydrogen (secondary N) is 4. The first kappa shape index (κ1) is 25.6. The minimum absolute atomic E-state index is 0.00305. The average molecular weight is 502 g/mol. The lowest BCUT2D eigenvalue weighted by Gasteiger charge is -2.15. The Morgan fingerprint density at radius 3 is 2.66 bits per heavy atom. The maximum atomic E-state index is 14.3. The van der Waals surface area contributed by atoms with Crippen LogP contribution < -0.4 is 26.0 Å². The number of hydrogen-bond donors (Lipinski definition) is 4. The normalized spacial score (nSPS) is 10.6. The molecule has 3 aromatic rings. The van der Waals surface area contributed by atoms with Crippen LogP contribution in [0.1, 0.15) is 24.2 Å². The molecule has 0 aliphatic carbocycles. The van der Waals surface area contributed by atoms with Crippen LogP contribution in [0.3, 0.4) is 0 Å². The Morgan fingerprint density at radius 2 is 1.91 bits per heavy atom. The van der Waals surface area contributed by atoms with Gasteiger partial charge in [-0.05, 0) is 38.1 Å². The number of carbonyl (C=O) groups is 2. The van der Waals surface area contributed by atoms with Gasteiger partial charge in [0.15, 0.2) is 17.4 Å². The highest BCUT2D eigenvalue weighted by Crippen LogP contribution is 2.30. The Labute approximate surface area is 206 Å². The molecular weight excluding hydrogens is 477 g/mol. The summed E-state index contributed by atoms with van der Waals surface area (Å²) < 4.78 is 19.7. The highest BCUT2D eigenvalue weighted by atomic mass is 35.5. The van der Waals surface area contributed by atoms with Crippen molar-refractivity contribution in [1.29, 1.82) is 0 Å². The molecule has 0 bridgehead atoms. The molecule has 184 valence electrons. The summed E-state index contributed by atoms with van der Waals surface area (Å²) in [6.45, 7) is 4.13. The predicted molar refractivity (Wildman–Crippen MR) is 131 cm³/mol. The number of ether oxygens (including phenoxy) is 1. The molecular formula is C23H25ClFN7O3. The monoisotopic (exact) mass is 501 g/mol. The topological polar surface area (TPSA) is 130 Å². The van der Waals surface area contributed by atoms with Crippen molar-refractivity contribution in [3.05, 3.63) is 59.3 Å². The highest BCUT2D eigenvalue weighted by molar-refractivity contribution is 6.30. The van der Waals surface area contributed by atoms with Crippen LogP contribution in [0.4, 0.5) is 20.7 Å². The minimum Gasteiger partial charge on any atom is -0.491 e. The fraction of sp³-hybridized carbons (Fsp3) is 0.261. The van der Waals surface area contributed by atoms with Crippen LogP contribution in [-0.2, 0) is 0 Å². The van der Waals surface area contributed by atoms with E-state index in [0.29, 0.717) is 10.7 Å². The number of urea groups is 1. The lowest BCUT2D eigenvalue weighted by molar-refractivity contribution is 0.0954. The molecule has 2 aromatic heterocycles. The molecule has 0 saturated carbocycles. The zero-order valence-electron chi connectivity index (χ0n) is 19.4. The fourth-order valence-corrected chi connectivity index (χ4v) is 3.15. The van der Waals surface area contributed by atoms with Crippen LogP contribution in [0.25, 0.3) is 11.4 Å². The third kappa shape index (κ3) is 7.00. The van der Waals surface area contributed by atoms with Crippen molar-refractivity contribution in [3.63, 3.8) is 0 Å². The molecule has 2 heterocycles. The van der Waals surface area contributed by atoms with E-state index in [4.69, 9.17) is 16.3 Å². The Bertz CT molecular complexity index is 1210. The summed E-state index contributed by atoms with van der Waals surface area (Å²) in [5.74, 6) is -0.381. The van der Waals surface area contributed by atoms with Gasteiger partial charge in [-0.1, -0.05) is 11.6 Å². The van der Waals surface area contributed by atoms with Crippen LogP contribution in [0, 0.1) is 5.82 Å². The standard InChI is InChI=1S/C23H25ClFN7O3/c1-13(2)30-23(34)28-9-8-27-22(33)16-11-26-7-6-18(16)31-21-19(35-3)12-29-20(32-21)15-10-14(24)4-5-17(15)25/h4-7,10-13H,8-9H2,1-3H3,(H,27,33)(H2,28,30,34)(H,26,29,31,32). The summed E-state index contributed by atoms with van der Waals surface area (Å²) in [6, 6.07) is 5.35. The van der Waals surface area contributed by atoms with Gasteiger partial charge in [0, 0.05) is 36.5 Å². The van der Waals surface area contributed by atoms with Crippen LogP contribution in [0.2, 0.25) is 5.02 Å². The molecule has 0 aliphatic heterocycles. The second-order valence-corrected chi connectivity index (χ2v) is 8.03. The predicted octanol–water partition coefficient (Wildman–Crippen LogP) is 3.52. The second kappa shape index (κ2) is 11.9. The number of anilines is 2. The summed E-state index contributed by atoms with van der Waals surface area (Å²) in [7, 11) is 1.44. The molecule has 0 fully saturated rings. The third-order valence-electron chi connectivity index (χ3n) is 4.58. The van der Waals surface area contributed by atoms with Crippen molar-refractivity contribution in [1.82, 2.24) is 30.9 Å². The zero-order valence-corrected chi connectivity index (χ0v) is 20.1. The zero-order chi connectivity index (χ0) is 25.4. The summed E-state index contributed by atoms with van der Waals surface area (Å²) in [6.07, 6.45) is 4.28. The Hall–Kier alpha value is -3.99. The van der Waals surface area contributed by atoms with Crippen LogP contribution >= 0.6 is 11.6 Å². The van der Waals surface area contributed by atoms with Crippen molar-refractivity contribution < 1.29 is 18.7 Å². The average Bonchev–Trinajstić information content (AvgIpc) is 2.83. The Morgan fingerprint density at radius 1 is 1.14 bits per heavy atom. The maximum Gasteiger partial charge on any atom is 0.315 e. The van der Waals surface area contributed by atoms with Crippen molar-refractivity contribution in [3.8, 4) is 17.1 Å². The smallest absolute Gasteiger partial charge is 0.315 e. The third-order valence-corrected chi connectivity index (χ3v) is 4.81. The lowest BCUT2D eigenvalue weighted by atomic mass is 10.2. The number of benzene rings is 1. The van der Waals surface area contributed by atoms with E-state index in [2.05, 4.69) is 36.2 Å². The lowest BCUT2D eigenvalue weighted by Crippen LogP contribution is -2.42. The van der Waals surface area contributed by atoms with Gasteiger partial charge in [0.2, 0.25) is 0 Å². The van der Waals surface area contributed by atoms with E-state index in [1.54, 1.807) is 6.07 Å². The molecule has 0 atom stereocenters. The van der Waals surface area contributed by atoms with E-state index in [1.807, 2.05) is 13.8 Å². The van der Waals surface area contributed by atoms with E-state index >= 15 is 0 Å². The highest BCUT2D eigenvalue weighted by Gasteiger charge is 2.17. The molecule has 0 saturated heterocycles. The van der Waals surface area contributed by atoms with Gasteiger partial charge in [-0.25, -0.2) is 19.2 Å². The molecule has 35 heavy (non-hydrogen) atoms. The van der Waals surface area contributed by atoms with Gasteiger partial charge in [-0.15, -0.1) is 0 Å². The molecule has 0 aliphatic rings. The van der Waals surface area contributed by atoms with Gasteiger partial charge >= 0.3 is 6.03 Å². The quantitative estimate of drug-likeness (QED) is 0.330. The van der Waals surface area contributed by atoms with Crippen molar-refractivity contribution in [2.24, 2.45) is 0 Å². The van der Waals surface area contributed by atoms with E-state index in [9.17, 15) is 14.0 Å². The fourth-order valence-electron chi connectivity index (χ4n) is 2.98. The Kier molecular flexibility index (Phi) is 8.74. The van der Waals surface area contributed by atoms with E-state index in [1.165, 1.54) is 43.9 Å². The van der Waals surface area contributed by atoms with Gasteiger partial charge in [0.25, 0.3) is 5.91 Å². The SMILES string of the molecule is COc1cnc(-c2cc(Cl)ccc2F)nc1Nc1ccncc1C(=O)NCCNC(=O)NC(C)C. The van der Waals surface area contributed by atoms with E-state index < -0.39 is 11.7 Å². The summed E-state index contributed by atoms with van der Waals surface area (Å²) >= 11 is 6.00. The molecule has 3 amide bonds. The first-order valence-electron chi connectivity index (χ1n) is 10.7. The van der Waals surface area contributed by atoms with Gasteiger partial charge in [0.05, 0.1) is 30.1 Å².